The van der Waals surface area contributed by atoms with Gasteiger partial charge in [-0.1, -0.05) is 23.2 Å². The fourth-order valence-electron chi connectivity index (χ4n) is 2.32. The topological polar surface area (TPSA) is 58.1 Å². The number of hydrogen-bond acceptors (Lipinski definition) is 4. The Morgan fingerprint density at radius 3 is 2.50 bits per heavy atom. The van der Waals surface area contributed by atoms with Gasteiger partial charge >= 0.3 is 0 Å². The highest BCUT2D eigenvalue weighted by Crippen LogP contribution is 2.25. The van der Waals surface area contributed by atoms with Gasteiger partial charge in [-0.3, -0.25) is 4.79 Å². The van der Waals surface area contributed by atoms with Gasteiger partial charge in [0.1, 0.15) is 11.5 Å². The number of nitrogens with zero attached hydrogens (tertiary/aromatic N) is 3. The molecule has 0 unspecified atom stereocenters. The molecule has 114 valence electrons. The number of hydrogen-bond donors (Lipinski definition) is 1. The van der Waals surface area contributed by atoms with Crippen molar-refractivity contribution in [1.82, 2.24) is 9.97 Å². The minimum atomic E-state index is -0.334. The summed E-state index contributed by atoms with van der Waals surface area (Å²) in [6, 6.07) is 4.90. The standard InChI is InChI=1S/C15H14Cl2N4O/c16-11-4-3-10(7-12(11)17)20-15(22)13-8-19-14(9-18-13)21-5-1-2-6-21/h3-4,7-9H,1-2,5-6H2,(H,20,22). The van der Waals surface area contributed by atoms with E-state index in [-0.39, 0.29) is 11.6 Å². The molecule has 1 saturated heterocycles. The Hall–Kier alpha value is -1.85. The first-order chi connectivity index (χ1) is 10.6. The van der Waals surface area contributed by atoms with Crippen LogP contribution in [0, 0.1) is 0 Å². The van der Waals surface area contributed by atoms with Crippen molar-refractivity contribution in [3.63, 3.8) is 0 Å². The summed E-state index contributed by atoms with van der Waals surface area (Å²) >= 11 is 11.8. The first kappa shape index (κ1) is 15.1. The second kappa shape index (κ2) is 6.50. The minimum absolute atomic E-state index is 0.258. The van der Waals surface area contributed by atoms with Crippen molar-refractivity contribution in [2.45, 2.75) is 12.8 Å². The van der Waals surface area contributed by atoms with Gasteiger partial charge in [-0.25, -0.2) is 9.97 Å². The van der Waals surface area contributed by atoms with E-state index in [0.29, 0.717) is 15.7 Å². The van der Waals surface area contributed by atoms with Crippen LogP contribution in [0.25, 0.3) is 0 Å². The van der Waals surface area contributed by atoms with Crippen LogP contribution < -0.4 is 10.2 Å². The second-order valence-corrected chi connectivity index (χ2v) is 5.85. The van der Waals surface area contributed by atoms with Gasteiger partial charge in [0.25, 0.3) is 5.91 Å². The highest BCUT2D eigenvalue weighted by molar-refractivity contribution is 6.42. The first-order valence-corrected chi connectivity index (χ1v) is 7.72. The molecule has 1 aromatic carbocycles. The molecule has 5 nitrogen and oxygen atoms in total. The number of carbonyl (C=O) groups is 1. The summed E-state index contributed by atoms with van der Waals surface area (Å²) in [4.78, 5) is 22.8. The Morgan fingerprint density at radius 2 is 1.86 bits per heavy atom. The first-order valence-electron chi connectivity index (χ1n) is 6.97. The lowest BCUT2D eigenvalue weighted by molar-refractivity contribution is 0.102. The number of halogens is 2. The summed E-state index contributed by atoms with van der Waals surface area (Å²) < 4.78 is 0. The van der Waals surface area contributed by atoms with Gasteiger partial charge in [-0.15, -0.1) is 0 Å². The summed E-state index contributed by atoms with van der Waals surface area (Å²) in [5.41, 5.74) is 0.818. The van der Waals surface area contributed by atoms with E-state index in [1.54, 1.807) is 24.4 Å². The largest absolute Gasteiger partial charge is 0.355 e. The maximum atomic E-state index is 12.1. The SMILES string of the molecule is O=C(Nc1ccc(Cl)c(Cl)c1)c1cnc(N2CCCC2)cn1. The van der Waals surface area contributed by atoms with E-state index in [0.717, 1.165) is 18.9 Å². The lowest BCUT2D eigenvalue weighted by Crippen LogP contribution is -2.20. The van der Waals surface area contributed by atoms with E-state index in [1.165, 1.54) is 19.0 Å². The van der Waals surface area contributed by atoms with Crippen molar-refractivity contribution >= 4 is 40.6 Å². The van der Waals surface area contributed by atoms with E-state index in [1.807, 2.05) is 0 Å². The normalized spacial score (nSPS) is 14.2. The fourth-order valence-corrected chi connectivity index (χ4v) is 2.62. The molecule has 1 N–H and O–H groups in total. The molecule has 1 aliphatic heterocycles. The Morgan fingerprint density at radius 1 is 1.09 bits per heavy atom. The zero-order valence-electron chi connectivity index (χ0n) is 11.7. The van der Waals surface area contributed by atoms with Crippen LogP contribution in [-0.4, -0.2) is 29.0 Å². The summed E-state index contributed by atoms with van der Waals surface area (Å²) in [5.74, 6) is 0.474. The van der Waals surface area contributed by atoms with Gasteiger partial charge in [0.05, 0.1) is 22.4 Å². The molecule has 0 saturated carbocycles. The van der Waals surface area contributed by atoms with Gasteiger partial charge in [0, 0.05) is 18.8 Å². The van der Waals surface area contributed by atoms with Crippen molar-refractivity contribution in [3.05, 3.63) is 46.3 Å². The number of anilines is 2. The summed E-state index contributed by atoms with van der Waals surface area (Å²) in [6.07, 6.45) is 5.46. The van der Waals surface area contributed by atoms with Crippen molar-refractivity contribution in [3.8, 4) is 0 Å². The molecule has 1 aromatic heterocycles. The van der Waals surface area contributed by atoms with Crippen molar-refractivity contribution in [2.75, 3.05) is 23.3 Å². The fraction of sp³-hybridized carbons (Fsp3) is 0.267. The monoisotopic (exact) mass is 336 g/mol. The zero-order valence-corrected chi connectivity index (χ0v) is 13.2. The van der Waals surface area contributed by atoms with Crippen LogP contribution in [0.15, 0.2) is 30.6 Å². The van der Waals surface area contributed by atoms with Crippen molar-refractivity contribution < 1.29 is 4.79 Å². The Balaban J connectivity index is 1.70. The van der Waals surface area contributed by atoms with E-state index in [2.05, 4.69) is 20.2 Å². The number of carbonyl (C=O) groups excluding carboxylic acids is 1. The third-order valence-electron chi connectivity index (χ3n) is 3.48. The summed E-state index contributed by atoms with van der Waals surface area (Å²) in [7, 11) is 0. The van der Waals surface area contributed by atoms with Gasteiger partial charge in [0.2, 0.25) is 0 Å². The van der Waals surface area contributed by atoms with Crippen LogP contribution in [-0.2, 0) is 0 Å². The molecule has 2 aromatic rings. The van der Waals surface area contributed by atoms with Crippen LogP contribution in [0.3, 0.4) is 0 Å². The predicted molar refractivity (Wildman–Crippen MR) is 87.9 cm³/mol. The maximum absolute atomic E-state index is 12.1. The molecule has 1 aliphatic rings. The minimum Gasteiger partial charge on any atom is -0.355 e. The Kier molecular flexibility index (Phi) is 4.45. The summed E-state index contributed by atoms with van der Waals surface area (Å²) in [5, 5.41) is 3.54. The number of aromatic nitrogens is 2. The van der Waals surface area contributed by atoms with E-state index in [9.17, 15) is 4.79 Å². The lowest BCUT2D eigenvalue weighted by Gasteiger charge is -2.15. The molecule has 0 aliphatic carbocycles. The van der Waals surface area contributed by atoms with Crippen molar-refractivity contribution in [2.24, 2.45) is 0 Å². The molecule has 22 heavy (non-hydrogen) atoms. The molecule has 7 heteroatoms. The predicted octanol–water partition coefficient (Wildman–Crippen LogP) is 3.64. The number of nitrogens with one attached hydrogen (secondary N) is 1. The van der Waals surface area contributed by atoms with E-state index >= 15 is 0 Å². The van der Waals surface area contributed by atoms with E-state index in [4.69, 9.17) is 23.2 Å². The summed E-state index contributed by atoms with van der Waals surface area (Å²) in [6.45, 7) is 1.98. The van der Waals surface area contributed by atoms with Crippen LogP contribution >= 0.6 is 23.2 Å². The smallest absolute Gasteiger partial charge is 0.275 e. The molecule has 1 fully saturated rings. The molecule has 1 amide bonds. The molecule has 0 radical (unpaired) electrons. The molecule has 0 atom stereocenters. The van der Waals surface area contributed by atoms with Crippen LogP contribution in [0.2, 0.25) is 10.0 Å². The van der Waals surface area contributed by atoms with Gasteiger partial charge in [-0.2, -0.15) is 0 Å². The van der Waals surface area contributed by atoms with Gasteiger partial charge in [-0.05, 0) is 31.0 Å². The van der Waals surface area contributed by atoms with Crippen LogP contribution in [0.1, 0.15) is 23.3 Å². The third-order valence-corrected chi connectivity index (χ3v) is 4.22. The Labute approximate surface area is 138 Å². The number of benzene rings is 1. The molecular weight excluding hydrogens is 323 g/mol. The highest BCUT2D eigenvalue weighted by Gasteiger charge is 2.15. The molecule has 0 spiro atoms. The van der Waals surface area contributed by atoms with E-state index < -0.39 is 0 Å². The molecule has 3 rings (SSSR count). The van der Waals surface area contributed by atoms with Crippen LogP contribution in [0.5, 0.6) is 0 Å². The average Bonchev–Trinajstić information content (AvgIpc) is 3.05. The van der Waals surface area contributed by atoms with Crippen LogP contribution in [0.4, 0.5) is 11.5 Å². The van der Waals surface area contributed by atoms with Crippen molar-refractivity contribution in [1.29, 1.82) is 0 Å². The number of amides is 1. The molecule has 2 heterocycles. The lowest BCUT2D eigenvalue weighted by atomic mass is 10.3. The third kappa shape index (κ3) is 3.31. The zero-order chi connectivity index (χ0) is 15.5. The second-order valence-electron chi connectivity index (χ2n) is 5.04. The highest BCUT2D eigenvalue weighted by atomic mass is 35.5. The van der Waals surface area contributed by atoms with Gasteiger partial charge in [0.15, 0.2) is 0 Å². The van der Waals surface area contributed by atoms with Gasteiger partial charge < -0.3 is 10.2 Å². The molecule has 0 bridgehead atoms. The Bertz CT molecular complexity index is 684. The average molecular weight is 337 g/mol. The maximum Gasteiger partial charge on any atom is 0.275 e. The quantitative estimate of drug-likeness (QED) is 0.929. The number of rotatable bonds is 3. The molecular formula is C15H14Cl2N4O.